The van der Waals surface area contributed by atoms with E-state index in [4.69, 9.17) is 4.42 Å². The summed E-state index contributed by atoms with van der Waals surface area (Å²) in [6.07, 6.45) is 1.14. The molecule has 0 saturated heterocycles. The number of benzene rings is 2. The Kier molecular flexibility index (Phi) is 4.16. The highest BCUT2D eigenvalue weighted by atomic mass is 79.9. The summed E-state index contributed by atoms with van der Waals surface area (Å²) in [4.78, 5) is 11.3. The van der Waals surface area contributed by atoms with Gasteiger partial charge >= 0.3 is 0 Å². The second-order valence-corrected chi connectivity index (χ2v) is 6.52. The van der Waals surface area contributed by atoms with Crippen molar-refractivity contribution in [2.24, 2.45) is 0 Å². The van der Waals surface area contributed by atoms with Crippen LogP contribution in [0.1, 0.15) is 24.7 Å². The second kappa shape index (κ2) is 6.09. The second-order valence-electron chi connectivity index (χ2n) is 5.61. The molecule has 2 aromatic carbocycles. The predicted molar refractivity (Wildman–Crippen MR) is 93.1 cm³/mol. The van der Waals surface area contributed by atoms with Crippen LogP contribution in [0.3, 0.4) is 0 Å². The summed E-state index contributed by atoms with van der Waals surface area (Å²) >= 11 is 3.47. The third kappa shape index (κ3) is 3.00. The van der Waals surface area contributed by atoms with Crippen LogP contribution < -0.4 is 0 Å². The number of Topliss-reactive ketones (excluding diaryl/α,β-unsaturated/α-hetero) is 1. The minimum atomic E-state index is 0.179. The molecule has 0 fully saturated rings. The molecule has 2 nitrogen and oxygen atoms in total. The summed E-state index contributed by atoms with van der Waals surface area (Å²) in [5.41, 5.74) is 4.30. The average Bonchev–Trinajstić information content (AvgIpc) is 2.83. The first-order valence-corrected chi connectivity index (χ1v) is 8.11. The lowest BCUT2D eigenvalue weighted by Crippen LogP contribution is -1.94. The fraction of sp³-hybridized carbons (Fsp3) is 0.211. The standard InChI is InChI=1S/C19H17BrO2/c1-12-3-9-17-16(11-12)19(14-5-7-15(20)8-6-14)18(22-17)10-4-13(2)21/h3,5-9,11H,4,10H2,1-2H3. The van der Waals surface area contributed by atoms with E-state index in [9.17, 15) is 4.79 Å². The molecule has 0 amide bonds. The molecule has 0 aliphatic rings. The molecular formula is C19H17BrO2. The average molecular weight is 357 g/mol. The molecule has 0 radical (unpaired) electrons. The van der Waals surface area contributed by atoms with Crippen molar-refractivity contribution in [2.75, 3.05) is 0 Å². The fourth-order valence-corrected chi connectivity index (χ4v) is 2.93. The Morgan fingerprint density at radius 2 is 1.86 bits per heavy atom. The Hall–Kier alpha value is -1.87. The lowest BCUT2D eigenvalue weighted by Gasteiger charge is -2.04. The smallest absolute Gasteiger partial charge is 0.134 e. The molecule has 0 bridgehead atoms. The number of carbonyl (C=O) groups excluding carboxylic acids is 1. The summed E-state index contributed by atoms with van der Waals surface area (Å²) in [6, 6.07) is 14.4. The molecule has 1 aromatic heterocycles. The van der Waals surface area contributed by atoms with Crippen molar-refractivity contribution in [3.8, 4) is 11.1 Å². The first kappa shape index (κ1) is 15.0. The first-order valence-electron chi connectivity index (χ1n) is 7.32. The van der Waals surface area contributed by atoms with E-state index in [1.165, 1.54) is 5.56 Å². The van der Waals surface area contributed by atoms with Gasteiger partial charge in [0.25, 0.3) is 0 Å². The van der Waals surface area contributed by atoms with E-state index < -0.39 is 0 Å². The Morgan fingerprint density at radius 3 is 2.55 bits per heavy atom. The van der Waals surface area contributed by atoms with E-state index in [0.717, 1.165) is 32.3 Å². The van der Waals surface area contributed by atoms with Crippen LogP contribution in [0.5, 0.6) is 0 Å². The third-order valence-corrected chi connectivity index (χ3v) is 4.28. The molecular weight excluding hydrogens is 340 g/mol. The summed E-state index contributed by atoms with van der Waals surface area (Å²) in [5.74, 6) is 1.07. The topological polar surface area (TPSA) is 30.2 Å². The van der Waals surface area contributed by atoms with Gasteiger partial charge < -0.3 is 9.21 Å². The van der Waals surface area contributed by atoms with Gasteiger partial charge in [-0.25, -0.2) is 0 Å². The Labute approximate surface area is 138 Å². The first-order chi connectivity index (χ1) is 10.5. The molecule has 1 heterocycles. The van der Waals surface area contributed by atoms with Crippen molar-refractivity contribution in [1.29, 1.82) is 0 Å². The number of aryl methyl sites for hydroxylation is 2. The van der Waals surface area contributed by atoms with Crippen LogP contribution in [0.15, 0.2) is 51.4 Å². The highest BCUT2D eigenvalue weighted by Crippen LogP contribution is 2.36. The Bertz CT molecular complexity index is 829. The quantitative estimate of drug-likeness (QED) is 0.600. The molecule has 0 unspecified atom stereocenters. The number of carbonyl (C=O) groups is 1. The van der Waals surface area contributed by atoms with E-state index in [1.807, 2.05) is 24.3 Å². The highest BCUT2D eigenvalue weighted by Gasteiger charge is 2.16. The predicted octanol–water partition coefficient (Wildman–Crippen LogP) is 5.69. The van der Waals surface area contributed by atoms with Crippen LogP contribution in [0.4, 0.5) is 0 Å². The SMILES string of the molecule is CC(=O)CCc1oc2ccc(C)cc2c1-c1ccc(Br)cc1. The van der Waals surface area contributed by atoms with Gasteiger partial charge in [0, 0.05) is 28.3 Å². The molecule has 3 rings (SSSR count). The van der Waals surface area contributed by atoms with Gasteiger partial charge in [0.15, 0.2) is 0 Å². The monoisotopic (exact) mass is 356 g/mol. The Morgan fingerprint density at radius 1 is 1.14 bits per heavy atom. The molecule has 22 heavy (non-hydrogen) atoms. The van der Waals surface area contributed by atoms with Gasteiger partial charge in [0.05, 0.1) is 0 Å². The van der Waals surface area contributed by atoms with Crippen molar-refractivity contribution < 1.29 is 9.21 Å². The largest absolute Gasteiger partial charge is 0.460 e. The molecule has 3 heteroatoms. The zero-order chi connectivity index (χ0) is 15.7. The number of fused-ring (bicyclic) bond motifs is 1. The highest BCUT2D eigenvalue weighted by molar-refractivity contribution is 9.10. The molecule has 3 aromatic rings. The van der Waals surface area contributed by atoms with Crippen molar-refractivity contribution in [3.05, 3.63) is 58.3 Å². The van der Waals surface area contributed by atoms with Crippen LogP contribution in [0.2, 0.25) is 0 Å². The van der Waals surface area contributed by atoms with E-state index in [2.05, 4.69) is 41.1 Å². The van der Waals surface area contributed by atoms with Crippen LogP contribution in [-0.4, -0.2) is 5.78 Å². The maximum Gasteiger partial charge on any atom is 0.134 e. The number of halogens is 1. The van der Waals surface area contributed by atoms with Crippen LogP contribution >= 0.6 is 15.9 Å². The fourth-order valence-electron chi connectivity index (χ4n) is 2.66. The van der Waals surface area contributed by atoms with Crippen molar-refractivity contribution in [2.45, 2.75) is 26.7 Å². The van der Waals surface area contributed by atoms with E-state index in [1.54, 1.807) is 6.92 Å². The van der Waals surface area contributed by atoms with Crippen molar-refractivity contribution >= 4 is 32.7 Å². The van der Waals surface area contributed by atoms with Gasteiger partial charge in [-0.2, -0.15) is 0 Å². The number of furan rings is 1. The van der Waals surface area contributed by atoms with Gasteiger partial charge in [0.2, 0.25) is 0 Å². The summed E-state index contributed by atoms with van der Waals surface area (Å²) in [7, 11) is 0. The molecule has 0 spiro atoms. The Balaban J connectivity index is 2.18. The van der Waals surface area contributed by atoms with Gasteiger partial charge in [-0.3, -0.25) is 0 Å². The minimum absolute atomic E-state index is 0.179. The molecule has 0 atom stereocenters. The number of rotatable bonds is 4. The third-order valence-electron chi connectivity index (χ3n) is 3.75. The number of hydrogen-bond donors (Lipinski definition) is 0. The van der Waals surface area contributed by atoms with Crippen molar-refractivity contribution in [1.82, 2.24) is 0 Å². The number of hydrogen-bond acceptors (Lipinski definition) is 2. The van der Waals surface area contributed by atoms with Gasteiger partial charge in [-0.15, -0.1) is 0 Å². The zero-order valence-corrected chi connectivity index (χ0v) is 14.2. The van der Waals surface area contributed by atoms with Gasteiger partial charge in [-0.1, -0.05) is 39.7 Å². The lowest BCUT2D eigenvalue weighted by atomic mass is 9.99. The van der Waals surface area contributed by atoms with E-state index in [-0.39, 0.29) is 5.78 Å². The maximum atomic E-state index is 11.3. The van der Waals surface area contributed by atoms with Gasteiger partial charge in [-0.05, 0) is 43.7 Å². The summed E-state index contributed by atoms with van der Waals surface area (Å²) < 4.78 is 7.07. The lowest BCUT2D eigenvalue weighted by molar-refractivity contribution is -0.117. The zero-order valence-electron chi connectivity index (χ0n) is 12.7. The summed E-state index contributed by atoms with van der Waals surface area (Å²) in [6.45, 7) is 3.69. The van der Waals surface area contributed by atoms with Crippen LogP contribution in [0, 0.1) is 6.92 Å². The van der Waals surface area contributed by atoms with Gasteiger partial charge in [0.1, 0.15) is 17.1 Å². The van der Waals surface area contributed by atoms with Crippen molar-refractivity contribution in [3.63, 3.8) is 0 Å². The van der Waals surface area contributed by atoms with Crippen LogP contribution in [-0.2, 0) is 11.2 Å². The maximum absolute atomic E-state index is 11.3. The van der Waals surface area contributed by atoms with E-state index in [0.29, 0.717) is 12.8 Å². The minimum Gasteiger partial charge on any atom is -0.460 e. The number of ketones is 1. The van der Waals surface area contributed by atoms with Crippen LogP contribution in [0.25, 0.3) is 22.1 Å². The normalized spacial score (nSPS) is 11.0. The summed E-state index contributed by atoms with van der Waals surface area (Å²) in [5, 5.41) is 1.11. The molecule has 112 valence electrons. The molecule has 0 aliphatic heterocycles. The molecule has 0 aliphatic carbocycles. The molecule has 0 N–H and O–H groups in total. The van der Waals surface area contributed by atoms with E-state index >= 15 is 0 Å². The molecule has 0 saturated carbocycles.